The Labute approximate surface area is 132 Å². The second-order valence-electron chi connectivity index (χ2n) is 5.28. The molecule has 1 amide bonds. The van der Waals surface area contributed by atoms with Crippen LogP contribution in [0.25, 0.3) is 0 Å². The summed E-state index contributed by atoms with van der Waals surface area (Å²) >= 11 is 0. The SMILES string of the molecule is CC(N)C(C)C(=O)N1CCCC1c1cnn(C)c1.Cl.Cl. The number of halogens is 2. The van der Waals surface area contributed by atoms with Gasteiger partial charge in [0.1, 0.15) is 0 Å². The number of aromatic nitrogens is 2. The summed E-state index contributed by atoms with van der Waals surface area (Å²) in [7, 11) is 1.90. The first-order valence-corrected chi connectivity index (χ1v) is 6.55. The van der Waals surface area contributed by atoms with Crippen LogP contribution in [0.1, 0.15) is 38.3 Å². The minimum absolute atomic E-state index is 0. The van der Waals surface area contributed by atoms with Crippen molar-refractivity contribution in [1.29, 1.82) is 0 Å². The maximum atomic E-state index is 12.4. The van der Waals surface area contributed by atoms with Crippen LogP contribution in [0, 0.1) is 5.92 Å². The van der Waals surface area contributed by atoms with Crippen LogP contribution < -0.4 is 5.73 Å². The van der Waals surface area contributed by atoms with E-state index < -0.39 is 0 Å². The molecule has 3 atom stereocenters. The highest BCUT2D eigenvalue weighted by Gasteiger charge is 2.33. The first-order chi connectivity index (χ1) is 8.50. The van der Waals surface area contributed by atoms with E-state index in [1.54, 1.807) is 4.68 Å². The lowest BCUT2D eigenvalue weighted by atomic mass is 10.0. The molecule has 2 N–H and O–H groups in total. The van der Waals surface area contributed by atoms with Crippen molar-refractivity contribution in [2.45, 2.75) is 38.8 Å². The van der Waals surface area contributed by atoms with Crippen molar-refractivity contribution in [2.24, 2.45) is 18.7 Å². The lowest BCUT2D eigenvalue weighted by Crippen LogP contribution is -2.41. The van der Waals surface area contributed by atoms with Crippen LogP contribution in [0.4, 0.5) is 0 Å². The van der Waals surface area contributed by atoms with Crippen LogP contribution in [0.3, 0.4) is 0 Å². The molecule has 7 heteroatoms. The summed E-state index contributed by atoms with van der Waals surface area (Å²) < 4.78 is 1.78. The van der Waals surface area contributed by atoms with E-state index in [9.17, 15) is 4.79 Å². The average Bonchev–Trinajstić information content (AvgIpc) is 2.94. The number of likely N-dealkylation sites (tertiary alicyclic amines) is 1. The predicted molar refractivity (Wildman–Crippen MR) is 84.2 cm³/mol. The zero-order valence-electron chi connectivity index (χ0n) is 12.2. The average molecular weight is 323 g/mol. The summed E-state index contributed by atoms with van der Waals surface area (Å²) in [5, 5.41) is 4.19. The molecule has 0 aliphatic carbocycles. The predicted octanol–water partition coefficient (Wildman–Crippen LogP) is 1.91. The van der Waals surface area contributed by atoms with E-state index in [2.05, 4.69) is 5.10 Å². The maximum absolute atomic E-state index is 12.4. The number of nitrogens with two attached hydrogens (primary N) is 1. The summed E-state index contributed by atoms with van der Waals surface area (Å²) in [4.78, 5) is 14.4. The van der Waals surface area contributed by atoms with E-state index in [0.29, 0.717) is 0 Å². The van der Waals surface area contributed by atoms with Crippen molar-refractivity contribution in [3.05, 3.63) is 18.0 Å². The minimum atomic E-state index is -0.123. The zero-order chi connectivity index (χ0) is 13.3. The molecule has 3 unspecified atom stereocenters. The highest BCUT2D eigenvalue weighted by atomic mass is 35.5. The molecule has 5 nitrogen and oxygen atoms in total. The Kier molecular flexibility index (Phi) is 7.55. The summed E-state index contributed by atoms with van der Waals surface area (Å²) in [6.07, 6.45) is 5.92. The molecule has 1 aromatic heterocycles. The molecule has 1 aliphatic rings. The van der Waals surface area contributed by atoms with Crippen LogP contribution in [0.5, 0.6) is 0 Å². The Bertz CT molecular complexity index is 436. The number of rotatable bonds is 3. The Morgan fingerprint density at radius 1 is 1.45 bits per heavy atom. The Morgan fingerprint density at radius 2 is 2.10 bits per heavy atom. The number of hydrogen-bond donors (Lipinski definition) is 1. The fourth-order valence-electron chi connectivity index (χ4n) is 2.48. The lowest BCUT2D eigenvalue weighted by molar-refractivity contribution is -0.136. The monoisotopic (exact) mass is 322 g/mol. The van der Waals surface area contributed by atoms with E-state index in [1.165, 1.54) is 0 Å². The largest absolute Gasteiger partial charge is 0.335 e. The highest BCUT2D eigenvalue weighted by molar-refractivity contribution is 5.85. The molecule has 0 bridgehead atoms. The fraction of sp³-hybridized carbons (Fsp3) is 0.692. The van der Waals surface area contributed by atoms with E-state index in [0.717, 1.165) is 24.9 Å². The van der Waals surface area contributed by atoms with Gasteiger partial charge in [0, 0.05) is 31.4 Å². The van der Waals surface area contributed by atoms with Crippen molar-refractivity contribution in [2.75, 3.05) is 6.54 Å². The highest BCUT2D eigenvalue weighted by Crippen LogP contribution is 2.32. The standard InChI is InChI=1S/C13H22N4O.2ClH/c1-9(10(2)14)13(18)17-6-4-5-12(17)11-7-15-16(3)8-11;;/h7-10,12H,4-6,14H2,1-3H3;2*1H. The van der Waals surface area contributed by atoms with Gasteiger partial charge in [-0.3, -0.25) is 9.48 Å². The topological polar surface area (TPSA) is 64.2 Å². The number of carbonyl (C=O) groups excluding carboxylic acids is 1. The van der Waals surface area contributed by atoms with Gasteiger partial charge in [-0.15, -0.1) is 24.8 Å². The first kappa shape index (κ1) is 19.2. The van der Waals surface area contributed by atoms with Gasteiger partial charge < -0.3 is 10.6 Å². The fourth-order valence-corrected chi connectivity index (χ4v) is 2.48. The summed E-state index contributed by atoms with van der Waals surface area (Å²) in [5.74, 6) is 0.0404. The van der Waals surface area contributed by atoms with Crippen molar-refractivity contribution < 1.29 is 4.79 Å². The van der Waals surface area contributed by atoms with Crippen LogP contribution in [-0.4, -0.2) is 33.2 Å². The van der Waals surface area contributed by atoms with E-state index >= 15 is 0 Å². The van der Waals surface area contributed by atoms with Crippen molar-refractivity contribution >= 4 is 30.7 Å². The molecule has 1 fully saturated rings. The first-order valence-electron chi connectivity index (χ1n) is 6.55. The summed E-state index contributed by atoms with van der Waals surface area (Å²) in [5.41, 5.74) is 6.95. The van der Waals surface area contributed by atoms with Crippen LogP contribution >= 0.6 is 24.8 Å². The third-order valence-corrected chi connectivity index (χ3v) is 3.82. The molecule has 116 valence electrons. The number of aryl methyl sites for hydroxylation is 1. The molecular weight excluding hydrogens is 299 g/mol. The van der Waals surface area contributed by atoms with E-state index in [4.69, 9.17) is 5.73 Å². The number of nitrogens with zero attached hydrogens (tertiary/aromatic N) is 3. The molecule has 0 saturated carbocycles. The molecule has 1 saturated heterocycles. The van der Waals surface area contributed by atoms with Crippen molar-refractivity contribution in [3.8, 4) is 0 Å². The van der Waals surface area contributed by atoms with Gasteiger partial charge in [-0.2, -0.15) is 5.10 Å². The van der Waals surface area contributed by atoms with Crippen LogP contribution in [-0.2, 0) is 11.8 Å². The lowest BCUT2D eigenvalue weighted by Gasteiger charge is -2.28. The molecule has 2 rings (SSSR count). The van der Waals surface area contributed by atoms with Gasteiger partial charge in [-0.25, -0.2) is 0 Å². The minimum Gasteiger partial charge on any atom is -0.335 e. The third-order valence-electron chi connectivity index (χ3n) is 3.82. The molecule has 20 heavy (non-hydrogen) atoms. The Hall–Kier alpha value is -0.780. The van der Waals surface area contributed by atoms with Gasteiger partial charge in [0.05, 0.1) is 18.2 Å². The van der Waals surface area contributed by atoms with Gasteiger partial charge in [0.15, 0.2) is 0 Å². The van der Waals surface area contributed by atoms with Gasteiger partial charge in [0.25, 0.3) is 0 Å². The number of carbonyl (C=O) groups is 1. The molecule has 1 aliphatic heterocycles. The smallest absolute Gasteiger partial charge is 0.227 e. The van der Waals surface area contributed by atoms with Crippen molar-refractivity contribution in [3.63, 3.8) is 0 Å². The zero-order valence-corrected chi connectivity index (χ0v) is 13.8. The van der Waals surface area contributed by atoms with Crippen LogP contribution in [0.2, 0.25) is 0 Å². The van der Waals surface area contributed by atoms with Crippen molar-refractivity contribution in [1.82, 2.24) is 14.7 Å². The molecule has 0 spiro atoms. The molecule has 1 aromatic rings. The molecular formula is C13H24Cl2N4O. The van der Waals surface area contributed by atoms with Crippen LogP contribution in [0.15, 0.2) is 12.4 Å². The Balaban J connectivity index is 0.00000180. The Morgan fingerprint density at radius 3 is 2.60 bits per heavy atom. The number of hydrogen-bond acceptors (Lipinski definition) is 3. The molecule has 2 heterocycles. The quantitative estimate of drug-likeness (QED) is 0.924. The maximum Gasteiger partial charge on any atom is 0.227 e. The molecule has 0 aromatic carbocycles. The second kappa shape index (κ2) is 7.86. The normalized spacial score (nSPS) is 20.8. The van der Waals surface area contributed by atoms with E-state index in [1.807, 2.05) is 38.2 Å². The second-order valence-corrected chi connectivity index (χ2v) is 5.28. The summed E-state index contributed by atoms with van der Waals surface area (Å²) in [6.45, 7) is 4.62. The third kappa shape index (κ3) is 3.87. The molecule has 0 radical (unpaired) electrons. The summed E-state index contributed by atoms with van der Waals surface area (Å²) in [6, 6.07) is 0.0695. The van der Waals surface area contributed by atoms with Gasteiger partial charge in [-0.1, -0.05) is 6.92 Å². The van der Waals surface area contributed by atoms with Gasteiger partial charge in [0.2, 0.25) is 5.91 Å². The van der Waals surface area contributed by atoms with Gasteiger partial charge in [-0.05, 0) is 19.8 Å². The number of amides is 1. The van der Waals surface area contributed by atoms with Gasteiger partial charge >= 0.3 is 0 Å². The van der Waals surface area contributed by atoms with E-state index in [-0.39, 0.29) is 48.7 Å².